The molecule has 2 heterocycles. The molecule has 0 bridgehead atoms. The number of carbonyl (C=O) groups is 1. The summed E-state index contributed by atoms with van der Waals surface area (Å²) in [7, 11) is 0. The molecule has 1 amide bonds. The van der Waals surface area contributed by atoms with Crippen LogP contribution >= 0.6 is 0 Å². The Kier molecular flexibility index (Phi) is 4.31. The highest BCUT2D eigenvalue weighted by molar-refractivity contribution is 5.82. The molecule has 0 radical (unpaired) electrons. The summed E-state index contributed by atoms with van der Waals surface area (Å²) >= 11 is 0. The van der Waals surface area contributed by atoms with Crippen molar-refractivity contribution in [2.24, 2.45) is 5.41 Å². The number of piperidine rings is 1. The highest BCUT2D eigenvalue weighted by Crippen LogP contribution is 2.25. The Bertz CT molecular complexity index is 385. The number of hydrogen-bond donors (Lipinski definition) is 2. The van der Waals surface area contributed by atoms with Crippen molar-refractivity contribution in [1.82, 2.24) is 15.6 Å². The zero-order valence-electron chi connectivity index (χ0n) is 10.9. The molecular formula is C14H21N3O. The maximum absolute atomic E-state index is 12.1. The van der Waals surface area contributed by atoms with Gasteiger partial charge in [-0.05, 0) is 38.4 Å². The number of rotatable bonds is 4. The van der Waals surface area contributed by atoms with E-state index < -0.39 is 0 Å². The van der Waals surface area contributed by atoms with Gasteiger partial charge in [0.1, 0.15) is 0 Å². The number of pyridine rings is 1. The topological polar surface area (TPSA) is 54.0 Å². The number of hydrogen-bond acceptors (Lipinski definition) is 3. The first kappa shape index (κ1) is 13.0. The predicted octanol–water partition coefficient (Wildman–Crippen LogP) is 1.13. The van der Waals surface area contributed by atoms with Gasteiger partial charge in [-0.25, -0.2) is 0 Å². The van der Waals surface area contributed by atoms with E-state index in [0.29, 0.717) is 6.54 Å². The maximum atomic E-state index is 12.1. The van der Waals surface area contributed by atoms with E-state index in [-0.39, 0.29) is 11.3 Å². The summed E-state index contributed by atoms with van der Waals surface area (Å²) in [5.41, 5.74) is 0.771. The van der Waals surface area contributed by atoms with Crippen LogP contribution in [0.1, 0.15) is 25.5 Å². The molecule has 1 aliphatic heterocycles. The van der Waals surface area contributed by atoms with Gasteiger partial charge in [0.15, 0.2) is 0 Å². The van der Waals surface area contributed by atoms with E-state index in [1.54, 1.807) is 6.20 Å². The average Bonchev–Trinajstić information content (AvgIpc) is 2.41. The minimum atomic E-state index is -0.248. The second-order valence-electron chi connectivity index (χ2n) is 5.17. The summed E-state index contributed by atoms with van der Waals surface area (Å²) in [6, 6.07) is 5.85. The fraction of sp³-hybridized carbons (Fsp3) is 0.571. The van der Waals surface area contributed by atoms with Gasteiger partial charge in [-0.1, -0.05) is 6.07 Å². The summed E-state index contributed by atoms with van der Waals surface area (Å²) in [4.78, 5) is 16.4. The van der Waals surface area contributed by atoms with Gasteiger partial charge in [-0.15, -0.1) is 0 Å². The lowest BCUT2D eigenvalue weighted by Gasteiger charge is -2.32. The molecule has 1 aliphatic rings. The monoisotopic (exact) mass is 247 g/mol. The average molecular weight is 247 g/mol. The predicted molar refractivity (Wildman–Crippen MR) is 71.2 cm³/mol. The lowest BCUT2D eigenvalue weighted by molar-refractivity contribution is -0.131. The molecule has 0 spiro atoms. The second-order valence-corrected chi connectivity index (χ2v) is 5.17. The van der Waals surface area contributed by atoms with Crippen molar-refractivity contribution in [3.63, 3.8) is 0 Å². The summed E-state index contributed by atoms with van der Waals surface area (Å²) in [5, 5.41) is 6.31. The zero-order valence-corrected chi connectivity index (χ0v) is 10.9. The minimum Gasteiger partial charge on any atom is -0.355 e. The quantitative estimate of drug-likeness (QED) is 0.838. The van der Waals surface area contributed by atoms with Gasteiger partial charge in [0, 0.05) is 31.4 Å². The van der Waals surface area contributed by atoms with E-state index in [9.17, 15) is 4.79 Å². The Balaban J connectivity index is 1.78. The molecule has 1 fully saturated rings. The van der Waals surface area contributed by atoms with Crippen LogP contribution in [-0.4, -0.2) is 30.5 Å². The van der Waals surface area contributed by atoms with Gasteiger partial charge >= 0.3 is 0 Å². The molecule has 4 heteroatoms. The molecule has 0 aliphatic carbocycles. The number of aromatic nitrogens is 1. The number of nitrogens with zero attached hydrogens (tertiary/aromatic N) is 1. The van der Waals surface area contributed by atoms with Crippen molar-refractivity contribution in [3.05, 3.63) is 30.1 Å². The van der Waals surface area contributed by atoms with Crippen LogP contribution < -0.4 is 10.6 Å². The van der Waals surface area contributed by atoms with Gasteiger partial charge in [-0.3, -0.25) is 9.78 Å². The molecule has 18 heavy (non-hydrogen) atoms. The minimum absolute atomic E-state index is 0.158. The van der Waals surface area contributed by atoms with Crippen LogP contribution in [0, 0.1) is 5.41 Å². The van der Waals surface area contributed by atoms with Gasteiger partial charge in [0.25, 0.3) is 0 Å². The first-order chi connectivity index (χ1) is 8.71. The molecule has 2 rings (SSSR count). The largest absolute Gasteiger partial charge is 0.355 e. The molecule has 1 unspecified atom stereocenters. The van der Waals surface area contributed by atoms with Crippen molar-refractivity contribution < 1.29 is 4.79 Å². The Morgan fingerprint density at radius 1 is 1.56 bits per heavy atom. The molecule has 98 valence electrons. The number of carbonyl (C=O) groups excluding carboxylic acids is 1. The van der Waals surface area contributed by atoms with E-state index in [0.717, 1.165) is 38.0 Å². The van der Waals surface area contributed by atoms with Crippen LogP contribution in [0.25, 0.3) is 0 Å². The lowest BCUT2D eigenvalue weighted by Crippen LogP contribution is -2.49. The maximum Gasteiger partial charge on any atom is 0.227 e. The summed E-state index contributed by atoms with van der Waals surface area (Å²) < 4.78 is 0. The standard InChI is InChI=1S/C14H21N3O/c1-14(7-4-8-15-11-14)13(18)17-10-6-12-5-2-3-9-16-12/h2-3,5,9,15H,4,6-8,10-11H2,1H3,(H,17,18). The van der Waals surface area contributed by atoms with Crippen molar-refractivity contribution in [3.8, 4) is 0 Å². The Morgan fingerprint density at radius 3 is 3.11 bits per heavy atom. The summed E-state index contributed by atoms with van der Waals surface area (Å²) in [5.74, 6) is 0.158. The fourth-order valence-corrected chi connectivity index (χ4v) is 2.31. The summed E-state index contributed by atoms with van der Waals surface area (Å²) in [6.45, 7) is 4.50. The van der Waals surface area contributed by atoms with Crippen molar-refractivity contribution in [2.75, 3.05) is 19.6 Å². The van der Waals surface area contributed by atoms with Crippen LogP contribution in [0.2, 0.25) is 0 Å². The molecule has 1 aromatic heterocycles. The SMILES string of the molecule is CC1(C(=O)NCCc2ccccn2)CCCNC1. The number of amides is 1. The normalized spacial score (nSPS) is 23.6. The molecule has 0 saturated carbocycles. The van der Waals surface area contributed by atoms with E-state index in [2.05, 4.69) is 15.6 Å². The van der Waals surface area contributed by atoms with Gasteiger partial charge in [0.2, 0.25) is 5.91 Å². The Morgan fingerprint density at radius 2 is 2.44 bits per heavy atom. The lowest BCUT2D eigenvalue weighted by atomic mass is 9.82. The highest BCUT2D eigenvalue weighted by atomic mass is 16.2. The van der Waals surface area contributed by atoms with Crippen LogP contribution in [0.15, 0.2) is 24.4 Å². The molecular weight excluding hydrogens is 226 g/mol. The van der Waals surface area contributed by atoms with E-state index in [1.165, 1.54) is 0 Å². The molecule has 1 aromatic rings. The third-order valence-corrected chi connectivity index (χ3v) is 3.54. The van der Waals surface area contributed by atoms with Crippen LogP contribution in [0.4, 0.5) is 0 Å². The molecule has 1 saturated heterocycles. The van der Waals surface area contributed by atoms with Crippen molar-refractivity contribution in [2.45, 2.75) is 26.2 Å². The van der Waals surface area contributed by atoms with Crippen LogP contribution in [0.3, 0.4) is 0 Å². The second kappa shape index (κ2) is 5.96. The van der Waals surface area contributed by atoms with Gasteiger partial charge < -0.3 is 10.6 Å². The van der Waals surface area contributed by atoms with Crippen molar-refractivity contribution >= 4 is 5.91 Å². The van der Waals surface area contributed by atoms with Crippen molar-refractivity contribution in [1.29, 1.82) is 0 Å². The van der Waals surface area contributed by atoms with E-state index >= 15 is 0 Å². The number of nitrogens with one attached hydrogen (secondary N) is 2. The molecule has 2 N–H and O–H groups in total. The van der Waals surface area contributed by atoms with E-state index in [4.69, 9.17) is 0 Å². The fourth-order valence-electron chi connectivity index (χ4n) is 2.31. The Hall–Kier alpha value is -1.42. The third-order valence-electron chi connectivity index (χ3n) is 3.54. The van der Waals surface area contributed by atoms with Gasteiger partial charge in [0.05, 0.1) is 5.41 Å². The van der Waals surface area contributed by atoms with E-state index in [1.807, 2.05) is 25.1 Å². The zero-order chi connectivity index (χ0) is 12.8. The first-order valence-electron chi connectivity index (χ1n) is 6.60. The first-order valence-corrected chi connectivity index (χ1v) is 6.60. The smallest absolute Gasteiger partial charge is 0.227 e. The molecule has 1 atom stereocenters. The van der Waals surface area contributed by atoms with Crippen LogP contribution in [0.5, 0.6) is 0 Å². The van der Waals surface area contributed by atoms with Crippen LogP contribution in [-0.2, 0) is 11.2 Å². The molecule has 0 aromatic carbocycles. The Labute approximate surface area is 108 Å². The highest BCUT2D eigenvalue weighted by Gasteiger charge is 2.34. The molecule has 4 nitrogen and oxygen atoms in total. The third kappa shape index (κ3) is 3.29. The summed E-state index contributed by atoms with van der Waals surface area (Å²) in [6.07, 6.45) is 4.61. The van der Waals surface area contributed by atoms with Gasteiger partial charge in [-0.2, -0.15) is 0 Å².